The van der Waals surface area contributed by atoms with Crippen LogP contribution < -0.4 is 10.6 Å². The van der Waals surface area contributed by atoms with Gasteiger partial charge in [0.2, 0.25) is 11.9 Å². The number of nitrogens with zero attached hydrogens (tertiary/aromatic N) is 3. The Bertz CT molecular complexity index is 932. The van der Waals surface area contributed by atoms with Crippen LogP contribution in [0.1, 0.15) is 24.4 Å². The van der Waals surface area contributed by atoms with E-state index in [0.29, 0.717) is 24.8 Å². The fourth-order valence-electron chi connectivity index (χ4n) is 2.45. The lowest BCUT2D eigenvalue weighted by Crippen LogP contribution is -2.32. The average Bonchev–Trinajstić information content (AvgIpc) is 3.26. The van der Waals surface area contributed by atoms with Crippen LogP contribution >= 0.6 is 11.3 Å². The Morgan fingerprint density at radius 2 is 2.07 bits per heavy atom. The number of aromatic nitrogens is 3. The van der Waals surface area contributed by atoms with Gasteiger partial charge in [0.05, 0.1) is 21.8 Å². The van der Waals surface area contributed by atoms with Gasteiger partial charge in [0.25, 0.3) is 0 Å². The molecule has 0 radical (unpaired) electrons. The molecule has 8 heteroatoms. The van der Waals surface area contributed by atoms with E-state index in [4.69, 9.17) is 4.52 Å². The smallest absolute Gasteiger partial charge is 0.223 e. The Morgan fingerprint density at radius 1 is 1.26 bits per heavy atom. The molecule has 0 saturated heterocycles. The maximum Gasteiger partial charge on any atom is 0.223 e. The van der Waals surface area contributed by atoms with E-state index in [1.165, 1.54) is 4.88 Å². The molecule has 142 valence electrons. The molecule has 1 amide bonds. The van der Waals surface area contributed by atoms with Crippen LogP contribution in [0.2, 0.25) is 0 Å². The average molecular weight is 385 g/mol. The first-order chi connectivity index (χ1) is 12.9. The van der Waals surface area contributed by atoms with E-state index in [-0.39, 0.29) is 11.8 Å². The first-order valence-corrected chi connectivity index (χ1v) is 9.65. The van der Waals surface area contributed by atoms with Crippen LogP contribution in [0.25, 0.3) is 21.9 Å². The van der Waals surface area contributed by atoms with Gasteiger partial charge in [0.15, 0.2) is 5.76 Å². The van der Waals surface area contributed by atoms with Crippen molar-refractivity contribution in [1.29, 1.82) is 0 Å². The standard InChI is InChI=1S/C19H23N5O2S/c1-11(2)18(25)20-7-8-21-19-22-10-14(15-9-12(3)24-26-15)17(23-19)16-6-5-13(4)27-16/h5-6,9-11H,7-8H2,1-4H3,(H,20,25)(H,21,22,23). The van der Waals surface area contributed by atoms with E-state index in [1.807, 2.05) is 32.9 Å². The highest BCUT2D eigenvalue weighted by molar-refractivity contribution is 7.15. The lowest BCUT2D eigenvalue weighted by atomic mass is 10.1. The third-order valence-electron chi connectivity index (χ3n) is 3.89. The second-order valence-corrected chi connectivity index (χ2v) is 7.86. The summed E-state index contributed by atoms with van der Waals surface area (Å²) in [4.78, 5) is 22.9. The van der Waals surface area contributed by atoms with Gasteiger partial charge in [-0.15, -0.1) is 11.3 Å². The summed E-state index contributed by atoms with van der Waals surface area (Å²) >= 11 is 1.66. The second kappa shape index (κ2) is 8.30. The van der Waals surface area contributed by atoms with E-state index >= 15 is 0 Å². The molecule has 7 nitrogen and oxygen atoms in total. The van der Waals surface area contributed by atoms with Crippen molar-refractivity contribution in [3.8, 4) is 21.9 Å². The zero-order chi connectivity index (χ0) is 19.4. The molecular formula is C19H23N5O2S. The number of thiophene rings is 1. The Labute approximate surface area is 162 Å². The number of rotatable bonds is 7. The summed E-state index contributed by atoms with van der Waals surface area (Å²) in [5.41, 5.74) is 2.41. The minimum Gasteiger partial charge on any atom is -0.356 e. The monoisotopic (exact) mass is 385 g/mol. The summed E-state index contributed by atoms with van der Waals surface area (Å²) in [5, 5.41) is 9.99. The molecule has 3 aromatic heterocycles. The van der Waals surface area contributed by atoms with E-state index < -0.39 is 0 Å². The number of anilines is 1. The molecule has 0 aliphatic carbocycles. The van der Waals surface area contributed by atoms with Gasteiger partial charge in [-0.2, -0.15) is 0 Å². The molecule has 0 fully saturated rings. The Kier molecular flexibility index (Phi) is 5.85. The van der Waals surface area contributed by atoms with E-state index in [0.717, 1.165) is 21.8 Å². The van der Waals surface area contributed by atoms with Crippen LogP contribution in [-0.4, -0.2) is 34.1 Å². The molecule has 0 atom stereocenters. The molecule has 0 bridgehead atoms. The number of amides is 1. The highest BCUT2D eigenvalue weighted by Crippen LogP contribution is 2.35. The van der Waals surface area contributed by atoms with Gasteiger partial charge in [0.1, 0.15) is 0 Å². The SMILES string of the molecule is Cc1cc(-c2cnc(NCCNC(=O)C(C)C)nc2-c2ccc(C)s2)on1. The fourth-order valence-corrected chi connectivity index (χ4v) is 3.32. The van der Waals surface area contributed by atoms with Crippen LogP contribution in [0.15, 0.2) is 28.9 Å². The predicted octanol–water partition coefficient (Wildman–Crippen LogP) is 3.66. The number of nitrogens with one attached hydrogen (secondary N) is 2. The normalized spacial score (nSPS) is 11.0. The maximum atomic E-state index is 11.6. The minimum absolute atomic E-state index is 0.0282. The predicted molar refractivity (Wildman–Crippen MR) is 107 cm³/mol. The molecule has 0 spiro atoms. The van der Waals surface area contributed by atoms with Gasteiger partial charge in [-0.25, -0.2) is 9.97 Å². The first-order valence-electron chi connectivity index (χ1n) is 8.83. The van der Waals surface area contributed by atoms with Gasteiger partial charge in [-0.3, -0.25) is 4.79 Å². The van der Waals surface area contributed by atoms with Crippen molar-refractivity contribution >= 4 is 23.2 Å². The van der Waals surface area contributed by atoms with Crippen molar-refractivity contribution in [1.82, 2.24) is 20.4 Å². The Morgan fingerprint density at radius 3 is 2.70 bits per heavy atom. The van der Waals surface area contributed by atoms with Gasteiger partial charge >= 0.3 is 0 Å². The van der Waals surface area contributed by atoms with E-state index in [1.54, 1.807) is 17.5 Å². The van der Waals surface area contributed by atoms with Crippen LogP contribution in [-0.2, 0) is 4.79 Å². The lowest BCUT2D eigenvalue weighted by molar-refractivity contribution is -0.123. The van der Waals surface area contributed by atoms with Crippen LogP contribution in [0.5, 0.6) is 0 Å². The highest BCUT2D eigenvalue weighted by Gasteiger charge is 2.16. The first kappa shape index (κ1) is 19.0. The van der Waals surface area contributed by atoms with Crippen molar-refractivity contribution in [3.05, 3.63) is 35.0 Å². The number of hydrogen-bond acceptors (Lipinski definition) is 7. The number of hydrogen-bond donors (Lipinski definition) is 2. The van der Waals surface area contributed by atoms with Crippen molar-refractivity contribution in [2.75, 3.05) is 18.4 Å². The molecule has 27 heavy (non-hydrogen) atoms. The van der Waals surface area contributed by atoms with Gasteiger partial charge in [-0.1, -0.05) is 19.0 Å². The zero-order valence-electron chi connectivity index (χ0n) is 15.9. The Hall–Kier alpha value is -2.74. The third-order valence-corrected chi connectivity index (χ3v) is 4.90. The van der Waals surface area contributed by atoms with Crippen molar-refractivity contribution < 1.29 is 9.32 Å². The quantitative estimate of drug-likeness (QED) is 0.603. The molecule has 2 N–H and O–H groups in total. The number of aryl methyl sites for hydroxylation is 2. The van der Waals surface area contributed by atoms with E-state index in [9.17, 15) is 4.79 Å². The van der Waals surface area contributed by atoms with Crippen molar-refractivity contribution in [2.24, 2.45) is 5.92 Å². The summed E-state index contributed by atoms with van der Waals surface area (Å²) < 4.78 is 5.41. The lowest BCUT2D eigenvalue weighted by Gasteiger charge is -2.10. The largest absolute Gasteiger partial charge is 0.356 e. The Balaban J connectivity index is 1.80. The van der Waals surface area contributed by atoms with E-state index in [2.05, 4.69) is 38.7 Å². The van der Waals surface area contributed by atoms with Gasteiger partial charge < -0.3 is 15.2 Å². The van der Waals surface area contributed by atoms with Crippen LogP contribution in [0.4, 0.5) is 5.95 Å². The summed E-state index contributed by atoms with van der Waals surface area (Å²) in [6, 6.07) is 5.98. The molecule has 0 aliphatic heterocycles. The summed E-state index contributed by atoms with van der Waals surface area (Å²) in [7, 11) is 0. The molecule has 0 saturated carbocycles. The summed E-state index contributed by atoms with van der Waals surface area (Å²) in [6.07, 6.45) is 1.74. The molecular weight excluding hydrogens is 362 g/mol. The van der Waals surface area contributed by atoms with Gasteiger partial charge in [-0.05, 0) is 26.0 Å². The maximum absolute atomic E-state index is 11.6. The summed E-state index contributed by atoms with van der Waals surface area (Å²) in [6.45, 7) is 8.73. The molecule has 0 aromatic carbocycles. The fraction of sp³-hybridized carbons (Fsp3) is 0.368. The minimum atomic E-state index is -0.0282. The molecule has 3 aromatic rings. The van der Waals surface area contributed by atoms with Crippen molar-refractivity contribution in [3.63, 3.8) is 0 Å². The molecule has 3 heterocycles. The molecule has 3 rings (SSSR count). The van der Waals surface area contributed by atoms with Crippen LogP contribution in [0, 0.1) is 19.8 Å². The van der Waals surface area contributed by atoms with Crippen molar-refractivity contribution in [2.45, 2.75) is 27.7 Å². The molecule has 0 aliphatic rings. The van der Waals surface area contributed by atoms with Gasteiger partial charge in [0, 0.05) is 36.1 Å². The topological polar surface area (TPSA) is 92.9 Å². The summed E-state index contributed by atoms with van der Waals surface area (Å²) in [5.74, 6) is 1.15. The van der Waals surface area contributed by atoms with Crippen LogP contribution in [0.3, 0.4) is 0 Å². The highest BCUT2D eigenvalue weighted by atomic mass is 32.1. The zero-order valence-corrected chi connectivity index (χ0v) is 16.7. The second-order valence-electron chi connectivity index (χ2n) is 6.57. The molecule has 0 unspecified atom stereocenters. The third kappa shape index (κ3) is 4.71. The number of carbonyl (C=O) groups excluding carboxylic acids is 1. The number of carbonyl (C=O) groups is 1.